The predicted molar refractivity (Wildman–Crippen MR) is 103 cm³/mol. The molecule has 5 rings (SSSR count). The summed E-state index contributed by atoms with van der Waals surface area (Å²) in [4.78, 5) is 38.2. The van der Waals surface area contributed by atoms with Gasteiger partial charge in [0.1, 0.15) is 6.10 Å². The molecule has 5 nitrogen and oxygen atoms in total. The smallest absolute Gasteiger partial charge is 0.310 e. The summed E-state index contributed by atoms with van der Waals surface area (Å²) < 4.78 is 5.41. The molecule has 3 fully saturated rings. The molecule has 28 heavy (non-hydrogen) atoms. The maximum absolute atomic E-state index is 13.1. The molecule has 0 unspecified atom stereocenters. The third kappa shape index (κ3) is 2.65. The highest BCUT2D eigenvalue weighted by Gasteiger charge is 2.63. The molecule has 3 aliphatic rings. The zero-order chi connectivity index (χ0) is 19.4. The fourth-order valence-corrected chi connectivity index (χ4v) is 5.31. The molecule has 0 spiro atoms. The van der Waals surface area contributed by atoms with Crippen molar-refractivity contribution in [3.63, 3.8) is 0 Å². The first-order chi connectivity index (χ1) is 13.5. The maximum Gasteiger partial charge on any atom is 0.310 e. The number of amides is 1. The Hall–Kier alpha value is -2.66. The lowest BCUT2D eigenvalue weighted by Crippen LogP contribution is -2.36. The number of carbonyl (C=O) groups is 3. The minimum atomic E-state index is -0.397. The normalized spacial score (nSPS) is 29.6. The highest BCUT2D eigenvalue weighted by Crippen LogP contribution is 2.57. The zero-order valence-electron chi connectivity index (χ0n) is 14.9. The van der Waals surface area contributed by atoms with E-state index in [1.54, 1.807) is 42.5 Å². The Morgan fingerprint density at radius 1 is 1.07 bits per heavy atom. The lowest BCUT2D eigenvalue weighted by Gasteiger charge is -2.24. The van der Waals surface area contributed by atoms with Gasteiger partial charge in [-0.05, 0) is 37.0 Å². The molecule has 5 atom stereocenters. The van der Waals surface area contributed by atoms with Gasteiger partial charge in [-0.15, -0.1) is 0 Å². The summed E-state index contributed by atoms with van der Waals surface area (Å²) in [5.74, 6) is -1.13. The molecule has 6 heteroatoms. The van der Waals surface area contributed by atoms with Crippen molar-refractivity contribution < 1.29 is 19.1 Å². The molecule has 2 bridgehead atoms. The highest BCUT2D eigenvalue weighted by atomic mass is 35.5. The lowest BCUT2D eigenvalue weighted by atomic mass is 9.79. The molecule has 142 valence electrons. The van der Waals surface area contributed by atoms with Crippen LogP contribution in [0.15, 0.2) is 48.5 Å². The largest absolute Gasteiger partial charge is 0.462 e. The number of nitrogens with one attached hydrogen (secondary N) is 1. The van der Waals surface area contributed by atoms with Gasteiger partial charge < -0.3 is 10.1 Å². The molecule has 0 aromatic heterocycles. The number of ketones is 1. The SMILES string of the molecule is O=C(c1ccccc1)c1cc(Cl)ccc1NC(=O)[C@H]1[C@H]2C[C@H]3[C@@H]1C(=O)O[C@H]3C2. The number of benzene rings is 2. The molecule has 0 radical (unpaired) electrons. The van der Waals surface area contributed by atoms with Gasteiger partial charge in [0, 0.05) is 22.1 Å². The van der Waals surface area contributed by atoms with E-state index in [4.69, 9.17) is 16.3 Å². The molecule has 2 aliphatic carbocycles. The number of anilines is 1. The van der Waals surface area contributed by atoms with Crippen molar-refractivity contribution in [3.05, 3.63) is 64.7 Å². The van der Waals surface area contributed by atoms with Crippen LogP contribution in [0.4, 0.5) is 5.69 Å². The Labute approximate surface area is 167 Å². The van der Waals surface area contributed by atoms with Crippen LogP contribution in [-0.2, 0) is 14.3 Å². The van der Waals surface area contributed by atoms with Crippen molar-refractivity contribution >= 4 is 34.9 Å². The van der Waals surface area contributed by atoms with E-state index >= 15 is 0 Å². The number of ether oxygens (including phenoxy) is 1. The molecule has 1 N–H and O–H groups in total. The standard InChI is InChI=1S/C22H18ClNO4/c23-13-6-7-16(14(10-13)20(25)11-4-2-1-3-5-11)24-21(26)18-12-8-15-17(9-12)28-22(27)19(15)18/h1-7,10,12,15,17-19H,8-9H2,(H,24,26)/t12-,15+,17-,18-,19-/m0/s1. The maximum atomic E-state index is 13.1. The molecule has 1 aliphatic heterocycles. The van der Waals surface area contributed by atoms with E-state index in [-0.39, 0.29) is 41.5 Å². The van der Waals surface area contributed by atoms with E-state index < -0.39 is 5.92 Å². The first kappa shape index (κ1) is 17.4. The van der Waals surface area contributed by atoms with E-state index in [0.717, 1.165) is 12.8 Å². The van der Waals surface area contributed by atoms with Gasteiger partial charge in [0.25, 0.3) is 0 Å². The second-order valence-corrected chi connectivity index (χ2v) is 8.23. The topological polar surface area (TPSA) is 72.5 Å². The third-order valence-corrected chi connectivity index (χ3v) is 6.54. The summed E-state index contributed by atoms with van der Waals surface area (Å²) in [6.45, 7) is 0. The van der Waals surface area contributed by atoms with Gasteiger partial charge in [0.05, 0.1) is 17.5 Å². The minimum Gasteiger partial charge on any atom is -0.462 e. The van der Waals surface area contributed by atoms with Crippen LogP contribution in [0.1, 0.15) is 28.8 Å². The van der Waals surface area contributed by atoms with Crippen LogP contribution in [0.2, 0.25) is 5.02 Å². The second kappa shape index (κ2) is 6.45. The average molecular weight is 396 g/mol. The summed E-state index contributed by atoms with van der Waals surface area (Å²) >= 11 is 6.11. The van der Waals surface area contributed by atoms with Crippen LogP contribution < -0.4 is 5.32 Å². The first-order valence-electron chi connectivity index (χ1n) is 9.43. The van der Waals surface area contributed by atoms with E-state index in [9.17, 15) is 14.4 Å². The van der Waals surface area contributed by atoms with Crippen molar-refractivity contribution in [2.75, 3.05) is 5.32 Å². The fourth-order valence-electron chi connectivity index (χ4n) is 5.14. The Bertz CT molecular complexity index is 987. The molecule has 1 heterocycles. The van der Waals surface area contributed by atoms with E-state index in [1.165, 1.54) is 0 Å². The van der Waals surface area contributed by atoms with E-state index in [1.807, 2.05) is 6.07 Å². The van der Waals surface area contributed by atoms with Gasteiger partial charge in [-0.25, -0.2) is 0 Å². The quantitative estimate of drug-likeness (QED) is 0.632. The van der Waals surface area contributed by atoms with Gasteiger partial charge in [-0.2, -0.15) is 0 Å². The Morgan fingerprint density at radius 2 is 1.86 bits per heavy atom. The Morgan fingerprint density at radius 3 is 2.64 bits per heavy atom. The van der Waals surface area contributed by atoms with Gasteiger partial charge in [0.2, 0.25) is 5.91 Å². The number of esters is 1. The van der Waals surface area contributed by atoms with Gasteiger partial charge in [0.15, 0.2) is 5.78 Å². The van der Waals surface area contributed by atoms with Crippen LogP contribution in [0.3, 0.4) is 0 Å². The number of rotatable bonds is 4. The number of hydrogen-bond acceptors (Lipinski definition) is 4. The van der Waals surface area contributed by atoms with Gasteiger partial charge >= 0.3 is 5.97 Å². The van der Waals surface area contributed by atoms with Crippen LogP contribution in [0.5, 0.6) is 0 Å². The third-order valence-electron chi connectivity index (χ3n) is 6.31. The summed E-state index contributed by atoms with van der Waals surface area (Å²) in [5, 5.41) is 3.31. The fraction of sp³-hybridized carbons (Fsp3) is 0.318. The molecule has 2 saturated carbocycles. The minimum absolute atomic E-state index is 0.0164. The first-order valence-corrected chi connectivity index (χ1v) is 9.81. The molecule has 1 saturated heterocycles. The van der Waals surface area contributed by atoms with Crippen molar-refractivity contribution in [1.82, 2.24) is 0 Å². The number of halogens is 1. The highest BCUT2D eigenvalue weighted by molar-refractivity contribution is 6.31. The van der Waals surface area contributed by atoms with E-state index in [0.29, 0.717) is 21.8 Å². The lowest BCUT2D eigenvalue weighted by molar-refractivity contribution is -0.145. The van der Waals surface area contributed by atoms with E-state index in [2.05, 4.69) is 5.32 Å². The van der Waals surface area contributed by atoms with Crippen molar-refractivity contribution in [2.24, 2.45) is 23.7 Å². The van der Waals surface area contributed by atoms with Crippen molar-refractivity contribution in [1.29, 1.82) is 0 Å². The summed E-state index contributed by atoms with van der Waals surface area (Å²) in [6.07, 6.45) is 1.59. The summed E-state index contributed by atoms with van der Waals surface area (Å²) in [5.41, 5.74) is 1.26. The Kier molecular flexibility index (Phi) is 4.02. The number of hydrogen-bond donors (Lipinski definition) is 1. The van der Waals surface area contributed by atoms with Crippen LogP contribution in [0.25, 0.3) is 0 Å². The van der Waals surface area contributed by atoms with Crippen LogP contribution in [0, 0.1) is 23.7 Å². The van der Waals surface area contributed by atoms with Gasteiger partial charge in [-0.3, -0.25) is 14.4 Å². The molecule has 2 aromatic rings. The predicted octanol–water partition coefficient (Wildman–Crippen LogP) is 3.71. The van der Waals surface area contributed by atoms with Crippen LogP contribution in [-0.4, -0.2) is 23.8 Å². The Balaban J connectivity index is 1.44. The number of carbonyl (C=O) groups excluding carboxylic acids is 3. The monoisotopic (exact) mass is 395 g/mol. The second-order valence-electron chi connectivity index (χ2n) is 7.80. The van der Waals surface area contributed by atoms with Crippen LogP contribution >= 0.6 is 11.6 Å². The number of fused-ring (bicyclic) bond motifs is 1. The summed E-state index contributed by atoms with van der Waals surface area (Å²) in [7, 11) is 0. The molecular weight excluding hydrogens is 378 g/mol. The molecule has 2 aromatic carbocycles. The molecular formula is C22H18ClNO4. The molecule has 1 amide bonds. The average Bonchev–Trinajstić information content (AvgIpc) is 3.32. The van der Waals surface area contributed by atoms with Crippen molar-refractivity contribution in [2.45, 2.75) is 18.9 Å². The van der Waals surface area contributed by atoms with Gasteiger partial charge in [-0.1, -0.05) is 41.9 Å². The summed E-state index contributed by atoms with van der Waals surface area (Å²) in [6, 6.07) is 13.7. The zero-order valence-corrected chi connectivity index (χ0v) is 15.7. The van der Waals surface area contributed by atoms with Crippen molar-refractivity contribution in [3.8, 4) is 0 Å².